The molecule has 2 heteroatoms. The summed E-state index contributed by atoms with van der Waals surface area (Å²) in [5, 5.41) is 0. The molecule has 0 aromatic carbocycles. The fraction of sp³-hybridized carbons (Fsp3) is 0.846. The zero-order valence-corrected chi connectivity index (χ0v) is 9.63. The lowest BCUT2D eigenvalue weighted by atomic mass is 9.82. The third-order valence-electron chi connectivity index (χ3n) is 4.28. The molecule has 2 nitrogen and oxygen atoms in total. The van der Waals surface area contributed by atoms with Gasteiger partial charge < -0.3 is 0 Å². The molecule has 3 N–H and O–H groups in total. The largest absolute Gasteiger partial charge is 0.271 e. The summed E-state index contributed by atoms with van der Waals surface area (Å²) in [4.78, 5) is 0. The van der Waals surface area contributed by atoms with Crippen LogP contribution in [0.2, 0.25) is 0 Å². The van der Waals surface area contributed by atoms with Crippen molar-refractivity contribution in [3.05, 3.63) is 0 Å². The molecule has 84 valence electrons. The van der Waals surface area contributed by atoms with Crippen LogP contribution in [0.5, 0.6) is 0 Å². The molecule has 0 amide bonds. The van der Waals surface area contributed by atoms with E-state index in [1.54, 1.807) is 0 Å². The van der Waals surface area contributed by atoms with E-state index in [-0.39, 0.29) is 0 Å². The van der Waals surface area contributed by atoms with Crippen molar-refractivity contribution < 1.29 is 0 Å². The zero-order chi connectivity index (χ0) is 10.7. The van der Waals surface area contributed by atoms with Gasteiger partial charge in [0, 0.05) is 12.5 Å². The lowest BCUT2D eigenvalue weighted by Crippen LogP contribution is -2.42. The van der Waals surface area contributed by atoms with Gasteiger partial charge in [-0.2, -0.15) is 0 Å². The van der Waals surface area contributed by atoms with Gasteiger partial charge in [0.15, 0.2) is 0 Å². The maximum Gasteiger partial charge on any atom is 0.0250 e. The van der Waals surface area contributed by atoms with E-state index in [1.807, 2.05) is 6.92 Å². The molecule has 0 heterocycles. The first-order valence-electron chi connectivity index (χ1n) is 6.21. The van der Waals surface area contributed by atoms with Gasteiger partial charge in [0.1, 0.15) is 0 Å². The van der Waals surface area contributed by atoms with Gasteiger partial charge in [0.25, 0.3) is 0 Å². The molecule has 4 atom stereocenters. The molecule has 2 bridgehead atoms. The molecular formula is C13H22N2. The Morgan fingerprint density at radius 1 is 1.40 bits per heavy atom. The van der Waals surface area contributed by atoms with Crippen molar-refractivity contribution >= 4 is 0 Å². The standard InChI is InChI=1S/C13H22N2/c1-2-3-4-5-13(15-14)12-9-10-6-7-11(12)8-10/h10-13,15H,4-9,14H2,1H3. The average Bonchev–Trinajstić information content (AvgIpc) is 2.86. The molecule has 0 saturated heterocycles. The van der Waals surface area contributed by atoms with E-state index in [1.165, 1.54) is 25.7 Å². The fourth-order valence-corrected chi connectivity index (χ4v) is 3.56. The van der Waals surface area contributed by atoms with E-state index in [2.05, 4.69) is 17.3 Å². The smallest absolute Gasteiger partial charge is 0.0250 e. The Kier molecular flexibility index (Phi) is 3.66. The highest BCUT2D eigenvalue weighted by Crippen LogP contribution is 2.49. The summed E-state index contributed by atoms with van der Waals surface area (Å²) >= 11 is 0. The topological polar surface area (TPSA) is 38.0 Å². The van der Waals surface area contributed by atoms with Gasteiger partial charge >= 0.3 is 0 Å². The summed E-state index contributed by atoms with van der Waals surface area (Å²) in [5.74, 6) is 14.5. The van der Waals surface area contributed by atoms with Crippen LogP contribution >= 0.6 is 0 Å². The van der Waals surface area contributed by atoms with Gasteiger partial charge in [-0.1, -0.05) is 6.42 Å². The van der Waals surface area contributed by atoms with Gasteiger partial charge in [0.2, 0.25) is 0 Å². The highest BCUT2D eigenvalue weighted by molar-refractivity contribution is 4.99. The van der Waals surface area contributed by atoms with Gasteiger partial charge in [0.05, 0.1) is 0 Å². The van der Waals surface area contributed by atoms with E-state index >= 15 is 0 Å². The molecular weight excluding hydrogens is 184 g/mol. The van der Waals surface area contributed by atoms with Gasteiger partial charge in [-0.3, -0.25) is 11.3 Å². The SMILES string of the molecule is CC#CCCC(NN)C1CC2CCC1C2. The average molecular weight is 206 g/mol. The van der Waals surface area contributed by atoms with Gasteiger partial charge in [-0.05, 0) is 50.4 Å². The van der Waals surface area contributed by atoms with Crippen LogP contribution in [0, 0.1) is 29.6 Å². The first-order valence-corrected chi connectivity index (χ1v) is 6.21. The molecule has 2 aliphatic rings. The molecule has 0 radical (unpaired) electrons. The number of hydrazine groups is 1. The van der Waals surface area contributed by atoms with E-state index in [4.69, 9.17) is 5.84 Å². The maximum atomic E-state index is 5.67. The summed E-state index contributed by atoms with van der Waals surface area (Å²) in [6.07, 6.45) is 7.87. The molecule has 2 fully saturated rings. The van der Waals surface area contributed by atoms with Gasteiger partial charge in [-0.25, -0.2) is 0 Å². The molecule has 15 heavy (non-hydrogen) atoms. The summed E-state index contributed by atoms with van der Waals surface area (Å²) < 4.78 is 0. The Morgan fingerprint density at radius 2 is 2.27 bits per heavy atom. The Morgan fingerprint density at radius 3 is 2.80 bits per heavy atom. The molecule has 2 rings (SSSR count). The minimum absolute atomic E-state index is 0.501. The molecule has 0 aromatic heterocycles. The van der Waals surface area contributed by atoms with Crippen LogP contribution in [0.4, 0.5) is 0 Å². The molecule has 0 aromatic rings. The van der Waals surface area contributed by atoms with Crippen LogP contribution < -0.4 is 11.3 Å². The van der Waals surface area contributed by atoms with Crippen LogP contribution in [0.25, 0.3) is 0 Å². The number of nitrogens with one attached hydrogen (secondary N) is 1. The van der Waals surface area contributed by atoms with E-state index in [0.29, 0.717) is 6.04 Å². The minimum Gasteiger partial charge on any atom is -0.271 e. The first-order chi connectivity index (χ1) is 7.35. The summed E-state index contributed by atoms with van der Waals surface area (Å²) in [5.41, 5.74) is 3.02. The third kappa shape index (κ3) is 2.35. The number of hydrogen-bond donors (Lipinski definition) is 2. The Balaban J connectivity index is 1.85. The summed E-state index contributed by atoms with van der Waals surface area (Å²) in [7, 11) is 0. The molecule has 4 unspecified atom stereocenters. The molecule has 0 spiro atoms. The van der Waals surface area contributed by atoms with Crippen molar-refractivity contribution in [2.75, 3.05) is 0 Å². The number of nitrogens with two attached hydrogens (primary N) is 1. The minimum atomic E-state index is 0.501. The number of hydrogen-bond acceptors (Lipinski definition) is 2. The third-order valence-corrected chi connectivity index (χ3v) is 4.28. The van der Waals surface area contributed by atoms with E-state index < -0.39 is 0 Å². The predicted molar refractivity (Wildman–Crippen MR) is 62.7 cm³/mol. The Labute approximate surface area is 93.0 Å². The monoisotopic (exact) mass is 206 g/mol. The summed E-state index contributed by atoms with van der Waals surface area (Å²) in [6, 6.07) is 0.501. The normalized spacial score (nSPS) is 34.9. The number of rotatable bonds is 4. The molecule has 2 saturated carbocycles. The second kappa shape index (κ2) is 5.01. The second-order valence-corrected chi connectivity index (χ2v) is 5.08. The lowest BCUT2D eigenvalue weighted by Gasteiger charge is -2.29. The van der Waals surface area contributed by atoms with Crippen LogP contribution in [-0.2, 0) is 0 Å². The van der Waals surface area contributed by atoms with Crippen LogP contribution in [-0.4, -0.2) is 6.04 Å². The van der Waals surface area contributed by atoms with Gasteiger partial charge in [-0.15, -0.1) is 11.8 Å². The highest BCUT2D eigenvalue weighted by Gasteiger charge is 2.42. The number of fused-ring (bicyclic) bond motifs is 2. The summed E-state index contributed by atoms with van der Waals surface area (Å²) in [6.45, 7) is 1.91. The first kappa shape index (κ1) is 11.0. The van der Waals surface area contributed by atoms with E-state index in [0.717, 1.165) is 30.6 Å². The molecule has 2 aliphatic carbocycles. The van der Waals surface area contributed by atoms with E-state index in [9.17, 15) is 0 Å². The van der Waals surface area contributed by atoms with Crippen LogP contribution in [0.1, 0.15) is 45.4 Å². The second-order valence-electron chi connectivity index (χ2n) is 5.08. The predicted octanol–water partition coefficient (Wildman–Crippen LogP) is 2.06. The highest BCUT2D eigenvalue weighted by atomic mass is 15.2. The maximum absolute atomic E-state index is 5.67. The molecule has 0 aliphatic heterocycles. The van der Waals surface area contributed by atoms with Crippen molar-refractivity contribution in [2.24, 2.45) is 23.6 Å². The Bertz CT molecular complexity index is 263. The van der Waals surface area contributed by atoms with Crippen molar-refractivity contribution in [1.82, 2.24) is 5.43 Å². The van der Waals surface area contributed by atoms with Crippen molar-refractivity contribution in [3.63, 3.8) is 0 Å². The van der Waals surface area contributed by atoms with Crippen LogP contribution in [0.3, 0.4) is 0 Å². The lowest BCUT2D eigenvalue weighted by molar-refractivity contribution is 0.241. The zero-order valence-electron chi connectivity index (χ0n) is 9.63. The van der Waals surface area contributed by atoms with Crippen LogP contribution in [0.15, 0.2) is 0 Å². The van der Waals surface area contributed by atoms with Crippen molar-refractivity contribution in [3.8, 4) is 11.8 Å². The Hall–Kier alpha value is -0.520. The van der Waals surface area contributed by atoms with Crippen molar-refractivity contribution in [2.45, 2.75) is 51.5 Å². The fourth-order valence-electron chi connectivity index (χ4n) is 3.56. The quantitative estimate of drug-likeness (QED) is 0.420. The van der Waals surface area contributed by atoms with Crippen molar-refractivity contribution in [1.29, 1.82) is 0 Å².